The van der Waals surface area contributed by atoms with E-state index in [0.717, 1.165) is 11.9 Å². The monoisotopic (exact) mass is 562 g/mol. The Morgan fingerprint density at radius 2 is 1.46 bits per heavy atom. The summed E-state index contributed by atoms with van der Waals surface area (Å²) in [6.45, 7) is 0.923. The van der Waals surface area contributed by atoms with Gasteiger partial charge in [0.1, 0.15) is 5.82 Å². The van der Waals surface area contributed by atoms with Gasteiger partial charge in [-0.3, -0.25) is 14.5 Å². The number of alkyl halides is 6. The lowest BCUT2D eigenvalue weighted by Gasteiger charge is -2.33. The molecule has 1 aliphatic rings. The summed E-state index contributed by atoms with van der Waals surface area (Å²) in [5, 5.41) is 2.37. The third-order valence-electron chi connectivity index (χ3n) is 6.47. The second kappa shape index (κ2) is 11.1. The van der Waals surface area contributed by atoms with Crippen LogP contribution in [-0.2, 0) is 21.9 Å². The molecule has 1 saturated heterocycles. The van der Waals surface area contributed by atoms with Crippen LogP contribution in [0.2, 0.25) is 0 Å². The average molecular weight is 562 g/mol. The summed E-state index contributed by atoms with van der Waals surface area (Å²) in [6, 6.07) is 4.42. The standard InChI is InChI=1S/C25H25F7N4O3/c1-14(37)33-11-22(38)36-12-20(15-4-6-18(26)7-5-15)21(13-36)35(3)23(39)34(2)19-9-16(24(27,28)29)8-17(10-19)25(30,31)32/h4-10,20-21H,11-13H2,1-3H3,(H,33,37)/t20-,21+/m0/s1. The molecule has 1 fully saturated rings. The van der Waals surface area contributed by atoms with Crippen molar-refractivity contribution in [3.8, 4) is 0 Å². The zero-order chi connectivity index (χ0) is 29.3. The van der Waals surface area contributed by atoms with Crippen LogP contribution in [0.4, 0.5) is 41.2 Å². The van der Waals surface area contributed by atoms with E-state index in [4.69, 9.17) is 0 Å². The zero-order valence-corrected chi connectivity index (χ0v) is 21.0. The van der Waals surface area contributed by atoms with Crippen LogP contribution >= 0.6 is 0 Å². The molecule has 1 heterocycles. The third kappa shape index (κ3) is 6.98. The van der Waals surface area contributed by atoms with Crippen molar-refractivity contribution in [2.45, 2.75) is 31.2 Å². The summed E-state index contributed by atoms with van der Waals surface area (Å²) in [6.07, 6.45) is -10.2. The molecule has 3 rings (SSSR count). The van der Waals surface area contributed by atoms with Crippen molar-refractivity contribution >= 4 is 23.5 Å². The number of nitrogens with zero attached hydrogens (tertiary/aromatic N) is 3. The lowest BCUT2D eigenvalue weighted by Crippen LogP contribution is -2.48. The van der Waals surface area contributed by atoms with Gasteiger partial charge in [0.05, 0.1) is 23.7 Å². The fourth-order valence-electron chi connectivity index (χ4n) is 4.35. The van der Waals surface area contributed by atoms with Gasteiger partial charge in [0, 0.05) is 45.7 Å². The predicted octanol–water partition coefficient (Wildman–Crippen LogP) is 4.48. The van der Waals surface area contributed by atoms with Gasteiger partial charge in [-0.15, -0.1) is 0 Å². The average Bonchev–Trinajstić information content (AvgIpc) is 3.30. The van der Waals surface area contributed by atoms with Crippen LogP contribution in [0.5, 0.6) is 0 Å². The summed E-state index contributed by atoms with van der Waals surface area (Å²) in [5.74, 6) is -2.01. The first-order valence-electron chi connectivity index (χ1n) is 11.6. The highest BCUT2D eigenvalue weighted by molar-refractivity contribution is 5.92. The molecule has 0 aromatic heterocycles. The van der Waals surface area contributed by atoms with Crippen molar-refractivity contribution in [2.75, 3.05) is 38.6 Å². The summed E-state index contributed by atoms with van der Waals surface area (Å²) in [4.78, 5) is 40.4. The Kier molecular flexibility index (Phi) is 8.46. The second-order valence-electron chi connectivity index (χ2n) is 9.15. The van der Waals surface area contributed by atoms with Gasteiger partial charge in [0.15, 0.2) is 0 Å². The van der Waals surface area contributed by atoms with Crippen LogP contribution in [0.3, 0.4) is 0 Å². The van der Waals surface area contributed by atoms with Crippen molar-refractivity contribution < 1.29 is 45.1 Å². The van der Waals surface area contributed by atoms with Crippen LogP contribution in [0.1, 0.15) is 29.5 Å². The highest BCUT2D eigenvalue weighted by Gasteiger charge is 2.42. The fourth-order valence-corrected chi connectivity index (χ4v) is 4.35. The first-order chi connectivity index (χ1) is 18.0. The maximum atomic E-state index is 13.5. The van der Waals surface area contributed by atoms with E-state index in [1.165, 1.54) is 43.1 Å². The lowest BCUT2D eigenvalue weighted by molar-refractivity contribution is -0.143. The zero-order valence-electron chi connectivity index (χ0n) is 21.0. The van der Waals surface area contributed by atoms with Crippen LogP contribution in [0.25, 0.3) is 0 Å². The van der Waals surface area contributed by atoms with Crippen molar-refractivity contribution in [3.05, 3.63) is 65.0 Å². The molecule has 7 nitrogen and oxygen atoms in total. The SMILES string of the molecule is CC(=O)NCC(=O)N1C[C@@H](N(C)C(=O)N(C)c2cc(C(F)(F)F)cc(C(F)(F)F)c2)[C@H](c2ccc(F)cc2)C1. The number of carbonyl (C=O) groups excluding carboxylic acids is 3. The molecule has 39 heavy (non-hydrogen) atoms. The van der Waals surface area contributed by atoms with Crippen LogP contribution < -0.4 is 10.2 Å². The molecule has 0 spiro atoms. The Bertz CT molecular complexity index is 1200. The Labute approximate surface area is 219 Å². The molecule has 0 saturated carbocycles. The summed E-state index contributed by atoms with van der Waals surface area (Å²) in [7, 11) is 2.34. The van der Waals surface area contributed by atoms with Crippen molar-refractivity contribution in [1.82, 2.24) is 15.1 Å². The summed E-state index contributed by atoms with van der Waals surface area (Å²) < 4.78 is 93.5. The number of amides is 4. The fraction of sp³-hybridized carbons (Fsp3) is 0.400. The van der Waals surface area contributed by atoms with Gasteiger partial charge >= 0.3 is 18.4 Å². The Morgan fingerprint density at radius 1 is 0.923 bits per heavy atom. The van der Waals surface area contributed by atoms with Gasteiger partial charge in [-0.1, -0.05) is 12.1 Å². The molecule has 212 valence electrons. The number of urea groups is 1. The molecular formula is C25H25F7N4O3. The van der Waals surface area contributed by atoms with E-state index >= 15 is 0 Å². The maximum Gasteiger partial charge on any atom is 0.416 e. The minimum absolute atomic E-state index is 0.0361. The quantitative estimate of drug-likeness (QED) is 0.547. The van der Waals surface area contributed by atoms with Crippen molar-refractivity contribution in [2.24, 2.45) is 0 Å². The number of likely N-dealkylation sites (N-methyl/N-ethyl adjacent to an activating group) is 1. The molecule has 1 aliphatic heterocycles. The second-order valence-corrected chi connectivity index (χ2v) is 9.15. The maximum absolute atomic E-state index is 13.5. The van der Waals surface area contributed by atoms with Crippen molar-refractivity contribution in [1.29, 1.82) is 0 Å². The molecule has 1 N–H and O–H groups in total. The van der Waals surface area contributed by atoms with Gasteiger partial charge < -0.3 is 15.1 Å². The molecule has 0 radical (unpaired) electrons. The number of likely N-dealkylation sites (tertiary alicyclic amines) is 1. The molecule has 4 amide bonds. The Balaban J connectivity index is 1.93. The Morgan fingerprint density at radius 3 is 1.95 bits per heavy atom. The van der Waals surface area contributed by atoms with Crippen LogP contribution in [-0.4, -0.2) is 67.4 Å². The number of nitrogens with one attached hydrogen (secondary N) is 1. The third-order valence-corrected chi connectivity index (χ3v) is 6.47. The number of hydrogen-bond donors (Lipinski definition) is 1. The van der Waals surface area contributed by atoms with E-state index in [-0.39, 0.29) is 25.7 Å². The lowest BCUT2D eigenvalue weighted by atomic mass is 9.93. The smallest absolute Gasteiger partial charge is 0.347 e. The number of hydrogen-bond acceptors (Lipinski definition) is 3. The predicted molar refractivity (Wildman–Crippen MR) is 126 cm³/mol. The molecule has 2 aromatic rings. The normalized spacial score (nSPS) is 17.6. The molecule has 2 aromatic carbocycles. The molecule has 0 bridgehead atoms. The van der Waals surface area contributed by atoms with E-state index in [2.05, 4.69) is 5.32 Å². The Hall–Kier alpha value is -3.84. The molecule has 14 heteroatoms. The van der Waals surface area contributed by atoms with Crippen LogP contribution in [0, 0.1) is 5.82 Å². The molecule has 2 atom stereocenters. The van der Waals surface area contributed by atoms with Crippen LogP contribution in [0.15, 0.2) is 42.5 Å². The topological polar surface area (TPSA) is 73.0 Å². The minimum atomic E-state index is -5.10. The van der Waals surface area contributed by atoms with Crippen molar-refractivity contribution in [3.63, 3.8) is 0 Å². The largest absolute Gasteiger partial charge is 0.416 e. The molecule has 0 unspecified atom stereocenters. The van der Waals surface area contributed by atoms with Gasteiger partial charge in [-0.25, -0.2) is 9.18 Å². The van der Waals surface area contributed by atoms with E-state index in [9.17, 15) is 45.1 Å². The van der Waals surface area contributed by atoms with E-state index in [0.29, 0.717) is 22.6 Å². The van der Waals surface area contributed by atoms with Gasteiger partial charge in [-0.05, 0) is 35.9 Å². The highest BCUT2D eigenvalue weighted by atomic mass is 19.4. The number of benzene rings is 2. The number of halogens is 7. The highest BCUT2D eigenvalue weighted by Crippen LogP contribution is 2.39. The van der Waals surface area contributed by atoms with Gasteiger partial charge in [0.2, 0.25) is 11.8 Å². The minimum Gasteiger partial charge on any atom is -0.347 e. The van der Waals surface area contributed by atoms with E-state index in [1.54, 1.807) is 0 Å². The molecular weight excluding hydrogens is 537 g/mol. The van der Waals surface area contributed by atoms with Gasteiger partial charge in [0.25, 0.3) is 0 Å². The first-order valence-corrected chi connectivity index (χ1v) is 11.6. The number of anilines is 1. The first kappa shape index (κ1) is 29.7. The van der Waals surface area contributed by atoms with E-state index in [1.807, 2.05) is 0 Å². The molecule has 0 aliphatic carbocycles. The van der Waals surface area contributed by atoms with Gasteiger partial charge in [-0.2, -0.15) is 26.3 Å². The summed E-state index contributed by atoms with van der Waals surface area (Å²) in [5.41, 5.74) is -3.23. The van der Waals surface area contributed by atoms with E-state index < -0.39 is 64.8 Å². The summed E-state index contributed by atoms with van der Waals surface area (Å²) >= 11 is 0. The number of carbonyl (C=O) groups is 3. The number of rotatable bonds is 5.